The molecule has 3 rings (SSSR count). The first-order valence-corrected chi connectivity index (χ1v) is 12.0. The van der Waals surface area contributed by atoms with Gasteiger partial charge in [0.15, 0.2) is 0 Å². The number of nitrogens with zero attached hydrogens (tertiary/aromatic N) is 1. The highest BCUT2D eigenvalue weighted by atomic mass is 35.5. The monoisotopic (exact) mass is 512 g/mol. The van der Waals surface area contributed by atoms with E-state index in [0.717, 1.165) is 4.31 Å². The van der Waals surface area contributed by atoms with Crippen LogP contribution >= 0.6 is 34.8 Å². The van der Waals surface area contributed by atoms with Gasteiger partial charge in [-0.25, -0.2) is 8.42 Å². The molecule has 32 heavy (non-hydrogen) atoms. The number of rotatable bonds is 9. The van der Waals surface area contributed by atoms with Gasteiger partial charge in [-0.15, -0.1) is 0 Å². The molecule has 0 saturated carbocycles. The van der Waals surface area contributed by atoms with E-state index in [4.69, 9.17) is 39.5 Å². The highest BCUT2D eigenvalue weighted by Gasteiger charge is 2.27. The Kier molecular flexibility index (Phi) is 8.26. The third-order valence-electron chi connectivity index (χ3n) is 4.30. The van der Waals surface area contributed by atoms with Crippen LogP contribution in [0.15, 0.2) is 77.7 Å². The second-order valence-corrected chi connectivity index (χ2v) is 9.72. The molecular weight excluding hydrogens is 495 g/mol. The molecule has 3 aromatic carbocycles. The van der Waals surface area contributed by atoms with Crippen molar-refractivity contribution in [1.82, 2.24) is 5.32 Å². The van der Waals surface area contributed by atoms with E-state index >= 15 is 0 Å². The third-order valence-corrected chi connectivity index (χ3v) is 6.89. The first-order chi connectivity index (χ1) is 15.3. The van der Waals surface area contributed by atoms with Gasteiger partial charge in [0.05, 0.1) is 22.2 Å². The standard InChI is InChI=1S/C22H19Cl3N2O4S/c23-16-8-10-19(11-9-16)32(29,30)27(18-5-3-4-17(24)14-18)15-22(28)26-12-13-31-21-7-2-1-6-20(21)25/h1-11,14H,12-13,15H2,(H,26,28). The Morgan fingerprint density at radius 2 is 1.62 bits per heavy atom. The average molecular weight is 514 g/mol. The maximum Gasteiger partial charge on any atom is 0.264 e. The number of carbonyl (C=O) groups excluding carboxylic acids is 1. The van der Waals surface area contributed by atoms with Crippen molar-refractivity contribution in [2.24, 2.45) is 0 Å². The van der Waals surface area contributed by atoms with Gasteiger partial charge in [0.2, 0.25) is 5.91 Å². The Labute approximate surface area is 201 Å². The van der Waals surface area contributed by atoms with Crippen molar-refractivity contribution in [2.75, 3.05) is 24.0 Å². The maximum absolute atomic E-state index is 13.3. The van der Waals surface area contributed by atoms with Gasteiger partial charge in [-0.1, -0.05) is 53.0 Å². The van der Waals surface area contributed by atoms with Crippen molar-refractivity contribution in [3.63, 3.8) is 0 Å². The zero-order valence-corrected chi connectivity index (χ0v) is 19.8. The van der Waals surface area contributed by atoms with Gasteiger partial charge < -0.3 is 10.1 Å². The molecule has 0 aromatic heterocycles. The lowest BCUT2D eigenvalue weighted by molar-refractivity contribution is -0.119. The molecule has 0 radical (unpaired) electrons. The number of carbonyl (C=O) groups is 1. The highest BCUT2D eigenvalue weighted by Crippen LogP contribution is 2.27. The molecule has 6 nitrogen and oxygen atoms in total. The van der Waals surface area contributed by atoms with Crippen LogP contribution in [0, 0.1) is 0 Å². The number of nitrogens with one attached hydrogen (secondary N) is 1. The van der Waals surface area contributed by atoms with Crippen molar-refractivity contribution in [1.29, 1.82) is 0 Å². The molecule has 0 spiro atoms. The topological polar surface area (TPSA) is 75.7 Å². The number of para-hydroxylation sites is 1. The average Bonchev–Trinajstić information content (AvgIpc) is 2.76. The first-order valence-electron chi connectivity index (χ1n) is 9.45. The first kappa shape index (κ1) is 24.2. The van der Waals surface area contributed by atoms with Gasteiger partial charge in [-0.05, 0) is 54.6 Å². The second-order valence-electron chi connectivity index (χ2n) is 6.57. The SMILES string of the molecule is O=C(CN(c1cccc(Cl)c1)S(=O)(=O)c1ccc(Cl)cc1)NCCOc1ccccc1Cl. The number of hydrogen-bond acceptors (Lipinski definition) is 4. The van der Waals surface area contributed by atoms with Crippen molar-refractivity contribution >= 4 is 56.4 Å². The van der Waals surface area contributed by atoms with Gasteiger partial charge in [-0.3, -0.25) is 9.10 Å². The molecule has 0 atom stereocenters. The van der Waals surface area contributed by atoms with Crippen molar-refractivity contribution in [2.45, 2.75) is 4.90 Å². The molecule has 0 aliphatic rings. The molecule has 1 amide bonds. The molecule has 0 unspecified atom stereocenters. The summed E-state index contributed by atoms with van der Waals surface area (Å²) in [7, 11) is -4.06. The smallest absolute Gasteiger partial charge is 0.264 e. The molecule has 1 N–H and O–H groups in total. The molecule has 10 heteroatoms. The Bertz CT molecular complexity index is 1190. The molecule has 0 aliphatic carbocycles. The fourth-order valence-electron chi connectivity index (χ4n) is 2.78. The summed E-state index contributed by atoms with van der Waals surface area (Å²) in [6, 6.07) is 18.9. The number of anilines is 1. The van der Waals surface area contributed by atoms with Crippen LogP contribution in [0.4, 0.5) is 5.69 Å². The molecule has 3 aromatic rings. The number of sulfonamides is 1. The maximum atomic E-state index is 13.3. The van der Waals surface area contributed by atoms with Crippen molar-refractivity contribution in [3.8, 4) is 5.75 Å². The van der Waals surface area contributed by atoms with E-state index in [-0.39, 0.29) is 23.7 Å². The highest BCUT2D eigenvalue weighted by molar-refractivity contribution is 7.92. The number of hydrogen-bond donors (Lipinski definition) is 1. The van der Waals surface area contributed by atoms with Gasteiger partial charge in [-0.2, -0.15) is 0 Å². The predicted octanol–water partition coefficient (Wildman–Crippen LogP) is 5.04. The van der Waals surface area contributed by atoms with Gasteiger partial charge in [0.1, 0.15) is 18.9 Å². The molecule has 0 fully saturated rings. The molecular formula is C22H19Cl3N2O4S. The summed E-state index contributed by atoms with van der Waals surface area (Å²) in [5.41, 5.74) is 0.259. The van der Waals surface area contributed by atoms with E-state index in [9.17, 15) is 13.2 Å². The summed E-state index contributed by atoms with van der Waals surface area (Å²) in [6.45, 7) is -0.123. The molecule has 0 aliphatic heterocycles. The zero-order valence-electron chi connectivity index (χ0n) is 16.7. The second kappa shape index (κ2) is 10.9. The fourth-order valence-corrected chi connectivity index (χ4v) is 4.69. The summed E-state index contributed by atoms with van der Waals surface area (Å²) in [6.07, 6.45) is 0. The van der Waals surface area contributed by atoms with E-state index in [1.807, 2.05) is 0 Å². The minimum absolute atomic E-state index is 0.00303. The lowest BCUT2D eigenvalue weighted by Gasteiger charge is -2.24. The largest absolute Gasteiger partial charge is 0.490 e. The lowest BCUT2D eigenvalue weighted by atomic mass is 10.3. The Morgan fingerprint density at radius 1 is 0.906 bits per heavy atom. The zero-order chi connectivity index (χ0) is 23.1. The Balaban J connectivity index is 1.72. The van der Waals surface area contributed by atoms with Crippen LogP contribution in [0.25, 0.3) is 0 Å². The van der Waals surface area contributed by atoms with Crippen LogP contribution in [-0.4, -0.2) is 34.0 Å². The van der Waals surface area contributed by atoms with Crippen molar-refractivity contribution < 1.29 is 17.9 Å². The van der Waals surface area contributed by atoms with Crippen molar-refractivity contribution in [3.05, 3.63) is 87.9 Å². The van der Waals surface area contributed by atoms with E-state index in [1.54, 1.807) is 42.5 Å². The number of amides is 1. The Morgan fingerprint density at radius 3 is 2.31 bits per heavy atom. The number of benzene rings is 3. The molecule has 0 bridgehead atoms. The minimum Gasteiger partial charge on any atom is -0.490 e. The summed E-state index contributed by atoms with van der Waals surface area (Å²) >= 11 is 18.0. The van der Waals surface area contributed by atoms with Crippen LogP contribution < -0.4 is 14.4 Å². The van der Waals surface area contributed by atoms with Crippen LogP contribution in [0.3, 0.4) is 0 Å². The van der Waals surface area contributed by atoms with E-state index in [2.05, 4.69) is 5.32 Å². The molecule has 0 saturated heterocycles. The van der Waals surface area contributed by atoms with Crippen LogP contribution in [-0.2, 0) is 14.8 Å². The van der Waals surface area contributed by atoms with E-state index in [0.29, 0.717) is 20.8 Å². The van der Waals surface area contributed by atoms with E-state index in [1.165, 1.54) is 30.3 Å². The summed E-state index contributed by atoms with van der Waals surface area (Å²) in [5, 5.41) is 3.85. The van der Waals surface area contributed by atoms with Crippen LogP contribution in [0.1, 0.15) is 0 Å². The number of halogens is 3. The predicted molar refractivity (Wildman–Crippen MR) is 127 cm³/mol. The number of ether oxygens (including phenoxy) is 1. The van der Waals surface area contributed by atoms with Gasteiger partial charge in [0, 0.05) is 10.0 Å². The van der Waals surface area contributed by atoms with Crippen LogP contribution in [0.5, 0.6) is 5.75 Å². The van der Waals surface area contributed by atoms with Crippen LogP contribution in [0.2, 0.25) is 15.1 Å². The fraction of sp³-hybridized carbons (Fsp3) is 0.136. The summed E-state index contributed by atoms with van der Waals surface area (Å²) in [4.78, 5) is 12.6. The van der Waals surface area contributed by atoms with E-state index < -0.39 is 22.5 Å². The lowest BCUT2D eigenvalue weighted by Crippen LogP contribution is -2.41. The van der Waals surface area contributed by atoms with Gasteiger partial charge in [0.25, 0.3) is 10.0 Å². The summed E-state index contributed by atoms with van der Waals surface area (Å²) in [5.74, 6) is -0.0143. The molecule has 168 valence electrons. The minimum atomic E-state index is -4.06. The third kappa shape index (κ3) is 6.29. The normalized spacial score (nSPS) is 11.1. The molecule has 0 heterocycles. The van der Waals surface area contributed by atoms with Gasteiger partial charge >= 0.3 is 0 Å². The Hall–Kier alpha value is -2.45. The summed E-state index contributed by atoms with van der Waals surface area (Å²) < 4.78 is 33.1. The quantitative estimate of drug-likeness (QED) is 0.407.